The van der Waals surface area contributed by atoms with Gasteiger partial charge in [-0.05, 0) is 63.3 Å². The lowest BCUT2D eigenvalue weighted by atomic mass is 10.2. The number of anilines is 1. The van der Waals surface area contributed by atoms with E-state index in [0.29, 0.717) is 34.6 Å². The second-order valence-electron chi connectivity index (χ2n) is 6.04. The van der Waals surface area contributed by atoms with Gasteiger partial charge in [0.25, 0.3) is 0 Å². The maximum Gasteiger partial charge on any atom is 0.339 e. The van der Waals surface area contributed by atoms with E-state index in [9.17, 15) is 4.79 Å². The first-order chi connectivity index (χ1) is 12.9. The lowest BCUT2D eigenvalue weighted by molar-refractivity contribution is 0.0526. The van der Waals surface area contributed by atoms with Gasteiger partial charge in [-0.25, -0.2) is 4.79 Å². The smallest absolute Gasteiger partial charge is 0.339 e. The fraction of sp³-hybridized carbons (Fsp3) is 0.300. The second kappa shape index (κ2) is 10.1. The van der Waals surface area contributed by atoms with Crippen LogP contribution in [0.5, 0.6) is 5.75 Å². The van der Waals surface area contributed by atoms with Crippen LogP contribution in [0.4, 0.5) is 5.69 Å². The summed E-state index contributed by atoms with van der Waals surface area (Å²) in [6.45, 7) is 6.51. The van der Waals surface area contributed by atoms with Crippen molar-refractivity contribution in [3.8, 4) is 5.75 Å². The number of aryl methyl sites for hydroxylation is 1. The highest BCUT2D eigenvalue weighted by atomic mass is 35.5. The monoisotopic (exact) mass is 406 g/mol. The summed E-state index contributed by atoms with van der Waals surface area (Å²) in [5.41, 5.74) is 2.19. The van der Waals surface area contributed by atoms with Crippen molar-refractivity contribution in [3.63, 3.8) is 0 Å². The first-order valence-electron chi connectivity index (χ1n) is 8.62. The normalized spacial score (nSPS) is 11.4. The van der Waals surface area contributed by atoms with Crippen LogP contribution in [0.1, 0.15) is 29.8 Å². The van der Waals surface area contributed by atoms with Gasteiger partial charge in [-0.3, -0.25) is 0 Å². The van der Waals surface area contributed by atoms with Gasteiger partial charge < -0.3 is 20.1 Å². The van der Waals surface area contributed by atoms with Crippen molar-refractivity contribution in [2.45, 2.75) is 26.8 Å². The summed E-state index contributed by atoms with van der Waals surface area (Å²) in [5.74, 6) is 0.367. The Kier molecular flexibility index (Phi) is 7.88. The predicted octanol–water partition coefficient (Wildman–Crippen LogP) is 4.58. The number of carbonyl (C=O) groups is 1. The van der Waals surface area contributed by atoms with E-state index >= 15 is 0 Å². The molecule has 0 saturated carbocycles. The minimum atomic E-state index is -0.448. The summed E-state index contributed by atoms with van der Waals surface area (Å²) in [5, 5.41) is 6.94. The summed E-state index contributed by atoms with van der Waals surface area (Å²) in [4.78, 5) is 11.8. The van der Waals surface area contributed by atoms with Crippen molar-refractivity contribution in [2.75, 3.05) is 18.5 Å². The molecule has 5 nitrogen and oxygen atoms in total. The third-order valence-corrected chi connectivity index (χ3v) is 4.15. The van der Waals surface area contributed by atoms with E-state index in [1.54, 1.807) is 25.1 Å². The number of nitrogens with one attached hydrogen (secondary N) is 2. The fourth-order valence-corrected chi connectivity index (χ4v) is 2.83. The molecule has 0 heterocycles. The van der Waals surface area contributed by atoms with Crippen molar-refractivity contribution in [1.82, 2.24) is 5.32 Å². The Morgan fingerprint density at radius 2 is 1.93 bits per heavy atom. The van der Waals surface area contributed by atoms with Crippen molar-refractivity contribution < 1.29 is 14.3 Å². The SMILES string of the molecule is CCOC(=O)c1ccc(NC(=S)N[C@H](C)COc2ccc(C)cc2)cc1Cl. The quantitative estimate of drug-likeness (QED) is 0.518. The van der Waals surface area contributed by atoms with Gasteiger partial charge in [-0.2, -0.15) is 0 Å². The molecule has 0 aliphatic rings. The van der Waals surface area contributed by atoms with Gasteiger partial charge in [0.15, 0.2) is 5.11 Å². The molecule has 0 amide bonds. The van der Waals surface area contributed by atoms with Crippen LogP contribution in [0, 0.1) is 6.92 Å². The number of thiocarbonyl (C=S) groups is 1. The number of esters is 1. The summed E-state index contributed by atoms with van der Waals surface area (Å²) >= 11 is 11.5. The molecule has 0 unspecified atom stereocenters. The van der Waals surface area contributed by atoms with Gasteiger partial charge in [0.05, 0.1) is 23.2 Å². The third kappa shape index (κ3) is 6.73. The zero-order valence-corrected chi connectivity index (χ0v) is 17.1. The molecule has 7 heteroatoms. The van der Waals surface area contributed by atoms with Crippen LogP contribution < -0.4 is 15.4 Å². The average Bonchev–Trinajstić information content (AvgIpc) is 2.61. The lowest BCUT2D eigenvalue weighted by Crippen LogP contribution is -2.39. The van der Waals surface area contributed by atoms with E-state index < -0.39 is 5.97 Å². The number of rotatable bonds is 7. The van der Waals surface area contributed by atoms with Crippen molar-refractivity contribution in [2.24, 2.45) is 0 Å². The van der Waals surface area contributed by atoms with E-state index in [1.165, 1.54) is 5.56 Å². The largest absolute Gasteiger partial charge is 0.491 e. The predicted molar refractivity (Wildman–Crippen MR) is 113 cm³/mol. The Hall–Kier alpha value is -2.31. The van der Waals surface area contributed by atoms with E-state index in [-0.39, 0.29) is 6.04 Å². The maximum absolute atomic E-state index is 11.8. The molecule has 0 radical (unpaired) electrons. The molecular weight excluding hydrogens is 384 g/mol. The molecule has 2 rings (SSSR count). The van der Waals surface area contributed by atoms with E-state index in [4.69, 9.17) is 33.3 Å². The molecular formula is C20H23ClN2O3S. The summed E-state index contributed by atoms with van der Waals surface area (Å²) in [7, 11) is 0. The van der Waals surface area contributed by atoms with Crippen molar-refractivity contribution >= 4 is 40.6 Å². The van der Waals surface area contributed by atoms with Gasteiger partial charge in [0.2, 0.25) is 0 Å². The van der Waals surface area contributed by atoms with Crippen LogP contribution in [-0.2, 0) is 4.74 Å². The number of halogens is 1. The molecule has 0 aromatic heterocycles. The number of carbonyl (C=O) groups excluding carboxylic acids is 1. The van der Waals surface area contributed by atoms with Crippen LogP contribution in [0.2, 0.25) is 5.02 Å². The molecule has 0 bridgehead atoms. The van der Waals surface area contributed by atoms with Crippen LogP contribution in [0.25, 0.3) is 0 Å². The fourth-order valence-electron chi connectivity index (χ4n) is 2.26. The highest BCUT2D eigenvalue weighted by Crippen LogP contribution is 2.22. The molecule has 144 valence electrons. The van der Waals surface area contributed by atoms with Gasteiger partial charge in [-0.15, -0.1) is 0 Å². The van der Waals surface area contributed by atoms with Gasteiger partial charge in [-0.1, -0.05) is 29.3 Å². The molecule has 0 saturated heterocycles. The van der Waals surface area contributed by atoms with Crippen LogP contribution >= 0.6 is 23.8 Å². The minimum Gasteiger partial charge on any atom is -0.491 e. The number of hydrogen-bond acceptors (Lipinski definition) is 4. The highest BCUT2D eigenvalue weighted by Gasteiger charge is 2.12. The van der Waals surface area contributed by atoms with E-state index in [1.807, 2.05) is 38.1 Å². The number of ether oxygens (including phenoxy) is 2. The maximum atomic E-state index is 11.8. The summed E-state index contributed by atoms with van der Waals surface area (Å²) in [6.07, 6.45) is 0. The van der Waals surface area contributed by atoms with Crippen molar-refractivity contribution in [1.29, 1.82) is 0 Å². The van der Waals surface area contributed by atoms with Crippen molar-refractivity contribution in [3.05, 3.63) is 58.6 Å². The molecule has 0 fully saturated rings. The standard InChI is InChI=1S/C20H23ClN2O3S/c1-4-25-19(24)17-10-7-15(11-18(17)21)23-20(27)22-14(3)12-26-16-8-5-13(2)6-9-16/h5-11,14H,4,12H2,1-3H3,(H2,22,23,27)/t14-/m1/s1. The van der Waals surface area contributed by atoms with Crippen LogP contribution in [0.3, 0.4) is 0 Å². The Morgan fingerprint density at radius 3 is 2.56 bits per heavy atom. The van der Waals surface area contributed by atoms with Crippen LogP contribution in [-0.4, -0.2) is 30.3 Å². The van der Waals surface area contributed by atoms with Gasteiger partial charge in [0, 0.05) is 5.69 Å². The minimum absolute atomic E-state index is 0.000537. The molecule has 0 spiro atoms. The Morgan fingerprint density at radius 1 is 1.22 bits per heavy atom. The Bertz CT molecular complexity index is 796. The molecule has 1 atom stereocenters. The number of hydrogen-bond donors (Lipinski definition) is 2. The second-order valence-corrected chi connectivity index (χ2v) is 6.85. The van der Waals surface area contributed by atoms with E-state index in [2.05, 4.69) is 10.6 Å². The third-order valence-electron chi connectivity index (χ3n) is 3.62. The van der Waals surface area contributed by atoms with Crippen LogP contribution in [0.15, 0.2) is 42.5 Å². The highest BCUT2D eigenvalue weighted by molar-refractivity contribution is 7.80. The van der Waals surface area contributed by atoms with Gasteiger partial charge in [0.1, 0.15) is 12.4 Å². The van der Waals surface area contributed by atoms with E-state index in [0.717, 1.165) is 5.75 Å². The average molecular weight is 407 g/mol. The number of benzene rings is 2. The zero-order valence-electron chi connectivity index (χ0n) is 15.5. The molecule has 2 aromatic rings. The first kappa shape index (κ1) is 21.0. The molecule has 2 aromatic carbocycles. The zero-order chi connectivity index (χ0) is 19.8. The first-order valence-corrected chi connectivity index (χ1v) is 9.41. The summed E-state index contributed by atoms with van der Waals surface area (Å²) in [6, 6.07) is 12.8. The summed E-state index contributed by atoms with van der Waals surface area (Å²) < 4.78 is 10.7. The Balaban J connectivity index is 1.84. The lowest BCUT2D eigenvalue weighted by Gasteiger charge is -2.18. The topological polar surface area (TPSA) is 59.6 Å². The Labute approximate surface area is 170 Å². The molecule has 27 heavy (non-hydrogen) atoms. The molecule has 0 aliphatic carbocycles. The molecule has 2 N–H and O–H groups in total. The molecule has 0 aliphatic heterocycles. The van der Waals surface area contributed by atoms with Gasteiger partial charge >= 0.3 is 5.97 Å².